The highest BCUT2D eigenvalue weighted by atomic mass is 32.2. The number of carbonyl (C=O) groups is 2. The first-order chi connectivity index (χ1) is 12.0. The molecule has 0 saturated carbocycles. The van der Waals surface area contributed by atoms with Gasteiger partial charge in [-0.2, -0.15) is 0 Å². The van der Waals surface area contributed by atoms with Crippen molar-refractivity contribution in [3.8, 4) is 0 Å². The van der Waals surface area contributed by atoms with Crippen LogP contribution in [0.4, 0.5) is 0 Å². The Morgan fingerprint density at radius 1 is 1.12 bits per heavy atom. The summed E-state index contributed by atoms with van der Waals surface area (Å²) < 4.78 is 0. The molecule has 0 radical (unpaired) electrons. The van der Waals surface area contributed by atoms with E-state index in [0.717, 1.165) is 47.6 Å². The van der Waals surface area contributed by atoms with Gasteiger partial charge in [0.25, 0.3) is 5.91 Å². The number of benzene rings is 1. The summed E-state index contributed by atoms with van der Waals surface area (Å²) in [6.45, 7) is 5.61. The van der Waals surface area contributed by atoms with Gasteiger partial charge in [0, 0.05) is 24.8 Å². The maximum atomic E-state index is 12.4. The van der Waals surface area contributed by atoms with E-state index < -0.39 is 0 Å². The molecule has 1 aromatic carbocycles. The van der Waals surface area contributed by atoms with Gasteiger partial charge in [-0.15, -0.1) is 0 Å². The van der Waals surface area contributed by atoms with E-state index in [1.54, 1.807) is 12.3 Å². The monoisotopic (exact) mass is 354 g/mol. The van der Waals surface area contributed by atoms with Crippen molar-refractivity contribution in [1.29, 1.82) is 0 Å². The molecule has 5 heteroatoms. The van der Waals surface area contributed by atoms with Crippen LogP contribution in [0.5, 0.6) is 0 Å². The lowest BCUT2D eigenvalue weighted by molar-refractivity contribution is 0.0792. The maximum Gasteiger partial charge on any atom is 0.255 e. The number of pyridine rings is 1. The van der Waals surface area contributed by atoms with E-state index in [2.05, 4.69) is 4.98 Å². The van der Waals surface area contributed by atoms with Crippen LogP contribution >= 0.6 is 11.8 Å². The summed E-state index contributed by atoms with van der Waals surface area (Å²) in [5, 5.41) is 0.761. The molecule has 2 heterocycles. The molecule has 0 bridgehead atoms. The highest BCUT2D eigenvalue weighted by Gasteiger charge is 2.19. The smallest absolute Gasteiger partial charge is 0.255 e. The fourth-order valence-electron chi connectivity index (χ4n) is 2.95. The average molecular weight is 354 g/mol. The molecule has 1 saturated heterocycles. The van der Waals surface area contributed by atoms with E-state index in [1.165, 1.54) is 11.8 Å². The van der Waals surface area contributed by atoms with Gasteiger partial charge in [0.15, 0.2) is 5.78 Å². The maximum absolute atomic E-state index is 12.4. The Bertz CT molecular complexity index is 781. The quantitative estimate of drug-likeness (QED) is 0.603. The summed E-state index contributed by atoms with van der Waals surface area (Å²) in [5.41, 5.74) is 3.47. The van der Waals surface area contributed by atoms with Gasteiger partial charge < -0.3 is 4.90 Å². The molecular formula is C20H22N2O2S. The number of nitrogens with zero attached hydrogens (tertiary/aromatic N) is 2. The van der Waals surface area contributed by atoms with Gasteiger partial charge in [-0.1, -0.05) is 29.5 Å². The van der Waals surface area contributed by atoms with Crippen LogP contribution in [-0.4, -0.2) is 40.4 Å². The summed E-state index contributed by atoms with van der Waals surface area (Å²) >= 11 is 1.41. The number of aromatic nitrogens is 1. The highest BCUT2D eigenvalue weighted by molar-refractivity contribution is 7.99. The molecule has 0 spiro atoms. The number of ketones is 1. The number of carbonyl (C=O) groups excluding carboxylic acids is 2. The Morgan fingerprint density at radius 2 is 1.88 bits per heavy atom. The number of likely N-dealkylation sites (tertiary alicyclic amines) is 1. The first-order valence-electron chi connectivity index (χ1n) is 8.53. The van der Waals surface area contributed by atoms with Crippen molar-refractivity contribution in [2.24, 2.45) is 0 Å². The molecule has 3 rings (SSSR count). The Hall–Kier alpha value is -2.14. The van der Waals surface area contributed by atoms with Crippen LogP contribution in [0, 0.1) is 13.8 Å². The number of aryl methyl sites for hydroxylation is 2. The van der Waals surface area contributed by atoms with E-state index in [-0.39, 0.29) is 11.7 Å². The number of rotatable bonds is 5. The highest BCUT2D eigenvalue weighted by Crippen LogP contribution is 2.20. The molecule has 2 aromatic rings. The molecule has 1 aliphatic heterocycles. The number of amides is 1. The van der Waals surface area contributed by atoms with E-state index in [0.29, 0.717) is 11.3 Å². The van der Waals surface area contributed by atoms with Crippen molar-refractivity contribution in [2.75, 3.05) is 18.8 Å². The third-order valence-electron chi connectivity index (χ3n) is 4.42. The van der Waals surface area contributed by atoms with Crippen molar-refractivity contribution < 1.29 is 9.59 Å². The van der Waals surface area contributed by atoms with Crippen molar-refractivity contribution >= 4 is 23.5 Å². The molecular weight excluding hydrogens is 332 g/mol. The molecule has 4 nitrogen and oxygen atoms in total. The van der Waals surface area contributed by atoms with Gasteiger partial charge in [-0.25, -0.2) is 4.98 Å². The van der Waals surface area contributed by atoms with Gasteiger partial charge in [0.2, 0.25) is 0 Å². The summed E-state index contributed by atoms with van der Waals surface area (Å²) in [4.78, 5) is 30.9. The Kier molecular flexibility index (Phi) is 5.53. The topological polar surface area (TPSA) is 50.3 Å². The first-order valence-corrected chi connectivity index (χ1v) is 9.52. The lowest BCUT2D eigenvalue weighted by atomic mass is 10.0. The summed E-state index contributed by atoms with van der Waals surface area (Å²) in [6, 6.07) is 9.55. The molecule has 0 atom stereocenters. The second-order valence-corrected chi connectivity index (χ2v) is 7.41. The minimum absolute atomic E-state index is 0.0491. The summed E-state index contributed by atoms with van der Waals surface area (Å²) in [5.74, 6) is 0.495. The molecule has 25 heavy (non-hydrogen) atoms. The third-order valence-corrected chi connectivity index (χ3v) is 5.36. The largest absolute Gasteiger partial charge is 0.339 e. The molecule has 1 aromatic heterocycles. The van der Waals surface area contributed by atoms with E-state index in [9.17, 15) is 9.59 Å². The van der Waals surface area contributed by atoms with Gasteiger partial charge in [-0.3, -0.25) is 9.59 Å². The zero-order valence-electron chi connectivity index (χ0n) is 14.6. The fraction of sp³-hybridized carbons (Fsp3) is 0.350. The Labute approximate surface area is 152 Å². The standard InChI is InChI=1S/C20H22N2O2S/c1-14-5-6-15(2)17(11-14)18(23)13-25-19-8-7-16(12-21-19)20(24)22-9-3-4-10-22/h5-8,11-12H,3-4,9-10,13H2,1-2H3. The average Bonchev–Trinajstić information content (AvgIpc) is 3.16. The van der Waals surface area contributed by atoms with Gasteiger partial charge in [0.05, 0.1) is 16.3 Å². The molecule has 1 amide bonds. The first kappa shape index (κ1) is 17.7. The van der Waals surface area contributed by atoms with Crippen LogP contribution in [-0.2, 0) is 0 Å². The van der Waals surface area contributed by atoms with Crippen LogP contribution in [0.25, 0.3) is 0 Å². The predicted molar refractivity (Wildman–Crippen MR) is 100 cm³/mol. The zero-order chi connectivity index (χ0) is 17.8. The number of thioether (sulfide) groups is 1. The Balaban J connectivity index is 1.61. The summed E-state index contributed by atoms with van der Waals surface area (Å²) in [6.07, 6.45) is 3.77. The van der Waals surface area contributed by atoms with Crippen molar-refractivity contribution in [1.82, 2.24) is 9.88 Å². The van der Waals surface area contributed by atoms with Crippen LogP contribution in [0.15, 0.2) is 41.6 Å². The minimum atomic E-state index is 0.0491. The van der Waals surface area contributed by atoms with Crippen LogP contribution in [0.3, 0.4) is 0 Å². The lowest BCUT2D eigenvalue weighted by Gasteiger charge is -2.14. The molecule has 1 aliphatic rings. The van der Waals surface area contributed by atoms with E-state index in [1.807, 2.05) is 43.0 Å². The van der Waals surface area contributed by atoms with Crippen molar-refractivity contribution in [2.45, 2.75) is 31.7 Å². The van der Waals surface area contributed by atoms with Crippen LogP contribution in [0.2, 0.25) is 0 Å². The predicted octanol–water partition coefficient (Wildman–Crippen LogP) is 3.91. The molecule has 0 N–H and O–H groups in total. The molecule has 130 valence electrons. The second kappa shape index (κ2) is 7.83. The fourth-order valence-corrected chi connectivity index (χ4v) is 3.67. The van der Waals surface area contributed by atoms with Crippen LogP contribution < -0.4 is 0 Å². The second-order valence-electron chi connectivity index (χ2n) is 6.41. The van der Waals surface area contributed by atoms with E-state index >= 15 is 0 Å². The van der Waals surface area contributed by atoms with Gasteiger partial charge in [-0.05, 0) is 50.5 Å². The number of hydrogen-bond donors (Lipinski definition) is 0. The Morgan fingerprint density at radius 3 is 2.56 bits per heavy atom. The van der Waals surface area contributed by atoms with Crippen molar-refractivity contribution in [3.63, 3.8) is 0 Å². The molecule has 0 aliphatic carbocycles. The SMILES string of the molecule is Cc1ccc(C)c(C(=O)CSc2ccc(C(=O)N3CCCC3)cn2)c1. The van der Waals surface area contributed by atoms with E-state index in [4.69, 9.17) is 0 Å². The zero-order valence-corrected chi connectivity index (χ0v) is 15.4. The third kappa shape index (κ3) is 4.28. The molecule has 0 unspecified atom stereocenters. The van der Waals surface area contributed by atoms with Crippen molar-refractivity contribution in [3.05, 3.63) is 58.8 Å². The molecule has 1 fully saturated rings. The summed E-state index contributed by atoms with van der Waals surface area (Å²) in [7, 11) is 0. The lowest BCUT2D eigenvalue weighted by Crippen LogP contribution is -2.27. The normalized spacial score (nSPS) is 13.9. The number of Topliss-reactive ketones (excluding diaryl/α,β-unsaturated/α-hetero) is 1. The number of hydrogen-bond acceptors (Lipinski definition) is 4. The minimum Gasteiger partial charge on any atom is -0.339 e. The van der Waals surface area contributed by atoms with Gasteiger partial charge in [0.1, 0.15) is 0 Å². The van der Waals surface area contributed by atoms with Crippen LogP contribution in [0.1, 0.15) is 44.7 Å². The van der Waals surface area contributed by atoms with Gasteiger partial charge >= 0.3 is 0 Å².